The van der Waals surface area contributed by atoms with E-state index in [0.29, 0.717) is 22.2 Å². The maximum absolute atomic E-state index is 6.39. The Bertz CT molecular complexity index is 581. The van der Waals surface area contributed by atoms with Crippen LogP contribution in [0.1, 0.15) is 57.4 Å². The fourth-order valence-corrected chi connectivity index (χ4v) is 6.31. The van der Waals surface area contributed by atoms with Gasteiger partial charge >= 0.3 is 0 Å². The van der Waals surface area contributed by atoms with E-state index in [2.05, 4.69) is 12.2 Å². The molecule has 0 unspecified atom stereocenters. The average Bonchev–Trinajstić information content (AvgIpc) is 2.50. The van der Waals surface area contributed by atoms with Crippen molar-refractivity contribution in [2.75, 3.05) is 6.61 Å². The van der Waals surface area contributed by atoms with Gasteiger partial charge in [-0.25, -0.2) is 0 Å². The molecule has 0 heterocycles. The van der Waals surface area contributed by atoms with Crippen LogP contribution in [0.4, 0.5) is 0 Å². The summed E-state index contributed by atoms with van der Waals surface area (Å²) in [5, 5.41) is 5.23. The van der Waals surface area contributed by atoms with Crippen molar-refractivity contribution in [3.05, 3.63) is 27.7 Å². The second-order valence-electron chi connectivity index (χ2n) is 8.28. The van der Waals surface area contributed by atoms with Crippen LogP contribution in [-0.2, 0) is 6.54 Å². The van der Waals surface area contributed by atoms with E-state index in [9.17, 15) is 0 Å². The van der Waals surface area contributed by atoms with Crippen LogP contribution in [0, 0.1) is 17.8 Å². The van der Waals surface area contributed by atoms with Crippen molar-refractivity contribution in [1.29, 1.82) is 0 Å². The van der Waals surface area contributed by atoms with E-state index in [0.717, 1.165) is 42.0 Å². The lowest BCUT2D eigenvalue weighted by atomic mass is 9.53. The number of hydrogen-bond acceptors (Lipinski definition) is 2. The van der Waals surface area contributed by atoms with Crippen LogP contribution in [0.25, 0.3) is 0 Å². The molecule has 4 aliphatic rings. The summed E-state index contributed by atoms with van der Waals surface area (Å²) >= 11 is 12.6. The maximum Gasteiger partial charge on any atom is 0.142 e. The van der Waals surface area contributed by atoms with E-state index < -0.39 is 0 Å². The molecule has 0 aliphatic heterocycles. The van der Waals surface area contributed by atoms with Gasteiger partial charge in [-0.1, -0.05) is 30.1 Å². The molecule has 0 amide bonds. The quantitative estimate of drug-likeness (QED) is 0.681. The first kappa shape index (κ1) is 17.0. The van der Waals surface area contributed by atoms with Gasteiger partial charge in [-0.15, -0.1) is 0 Å². The predicted octanol–water partition coefficient (Wildman–Crippen LogP) is 5.84. The van der Waals surface area contributed by atoms with Gasteiger partial charge in [-0.2, -0.15) is 0 Å². The Morgan fingerprint density at radius 3 is 2.29 bits per heavy atom. The number of halogens is 2. The highest BCUT2D eigenvalue weighted by Crippen LogP contribution is 2.55. The van der Waals surface area contributed by atoms with Crippen LogP contribution in [0.5, 0.6) is 5.75 Å². The van der Waals surface area contributed by atoms with E-state index in [1.54, 1.807) is 6.07 Å². The minimum Gasteiger partial charge on any atom is -0.492 e. The van der Waals surface area contributed by atoms with Crippen molar-refractivity contribution < 1.29 is 4.74 Å². The molecule has 24 heavy (non-hydrogen) atoms. The highest BCUT2D eigenvalue weighted by Gasteiger charge is 2.50. The van der Waals surface area contributed by atoms with E-state index in [-0.39, 0.29) is 0 Å². The lowest BCUT2D eigenvalue weighted by Gasteiger charge is -2.57. The Kier molecular flexibility index (Phi) is 4.75. The summed E-state index contributed by atoms with van der Waals surface area (Å²) in [6.07, 6.45) is 9.41. The highest BCUT2D eigenvalue weighted by atomic mass is 35.5. The van der Waals surface area contributed by atoms with Gasteiger partial charge in [0.15, 0.2) is 0 Å². The molecule has 4 bridgehead atoms. The third-order valence-corrected chi connectivity index (χ3v) is 6.73. The van der Waals surface area contributed by atoms with E-state index in [4.69, 9.17) is 27.9 Å². The molecule has 0 spiro atoms. The highest BCUT2D eigenvalue weighted by molar-refractivity contribution is 6.35. The van der Waals surface area contributed by atoms with Gasteiger partial charge in [-0.05, 0) is 74.8 Å². The smallest absolute Gasteiger partial charge is 0.142 e. The zero-order valence-corrected chi connectivity index (χ0v) is 15.9. The monoisotopic (exact) mass is 367 g/mol. The molecule has 0 radical (unpaired) electrons. The van der Waals surface area contributed by atoms with Crippen LogP contribution in [0.3, 0.4) is 0 Å². The van der Waals surface area contributed by atoms with Crippen LogP contribution in [0.15, 0.2) is 12.1 Å². The van der Waals surface area contributed by atoms with Gasteiger partial charge in [0, 0.05) is 22.7 Å². The van der Waals surface area contributed by atoms with Crippen molar-refractivity contribution in [2.24, 2.45) is 17.8 Å². The molecule has 4 aliphatic carbocycles. The fourth-order valence-electron chi connectivity index (χ4n) is 5.72. The molecular weight excluding hydrogens is 341 g/mol. The maximum atomic E-state index is 6.39. The molecule has 1 N–H and O–H groups in total. The normalized spacial score (nSPS) is 33.9. The Labute approximate surface area is 155 Å². The summed E-state index contributed by atoms with van der Waals surface area (Å²) in [6.45, 7) is 3.59. The largest absolute Gasteiger partial charge is 0.492 e. The minimum atomic E-state index is 0.339. The molecule has 132 valence electrons. The summed E-state index contributed by atoms with van der Waals surface area (Å²) in [7, 11) is 0. The second-order valence-corrected chi connectivity index (χ2v) is 9.12. The minimum absolute atomic E-state index is 0.339. The number of ether oxygens (including phenoxy) is 1. The van der Waals surface area contributed by atoms with Crippen molar-refractivity contribution in [3.63, 3.8) is 0 Å². The number of hydrogen-bond donors (Lipinski definition) is 1. The topological polar surface area (TPSA) is 21.3 Å². The summed E-state index contributed by atoms with van der Waals surface area (Å²) in [5.74, 6) is 3.65. The molecule has 5 rings (SSSR count). The predicted molar refractivity (Wildman–Crippen MR) is 100.0 cm³/mol. The molecule has 0 atom stereocenters. The van der Waals surface area contributed by atoms with E-state index in [1.807, 2.05) is 6.07 Å². The van der Waals surface area contributed by atoms with E-state index >= 15 is 0 Å². The van der Waals surface area contributed by atoms with Crippen LogP contribution >= 0.6 is 23.2 Å². The Balaban J connectivity index is 1.51. The first-order chi connectivity index (χ1) is 11.6. The van der Waals surface area contributed by atoms with Crippen molar-refractivity contribution >= 4 is 23.2 Å². The van der Waals surface area contributed by atoms with Crippen LogP contribution in [-0.4, -0.2) is 12.1 Å². The van der Waals surface area contributed by atoms with Crippen molar-refractivity contribution in [3.8, 4) is 5.75 Å². The third-order valence-electron chi connectivity index (χ3n) is 6.23. The standard InChI is InChI=1S/C20H27Cl2NO/c1-2-3-24-19-16(7-17(21)8-18(19)22)12-23-20-9-13-4-14(10-20)6-15(5-13)11-20/h7-8,13-15,23H,2-6,9-12H2,1H3. The number of rotatable bonds is 6. The lowest BCUT2D eigenvalue weighted by molar-refractivity contribution is -0.0206. The van der Waals surface area contributed by atoms with Crippen molar-refractivity contribution in [1.82, 2.24) is 5.32 Å². The van der Waals surface area contributed by atoms with E-state index in [1.165, 1.54) is 38.5 Å². The van der Waals surface area contributed by atoms with Gasteiger partial charge in [0.1, 0.15) is 5.75 Å². The number of benzene rings is 1. The molecular formula is C20H27Cl2NO. The second kappa shape index (κ2) is 6.70. The molecule has 4 heteroatoms. The Morgan fingerprint density at radius 2 is 1.71 bits per heavy atom. The molecule has 1 aromatic rings. The third kappa shape index (κ3) is 3.30. The summed E-state index contributed by atoms with van der Waals surface area (Å²) in [5.41, 5.74) is 1.43. The van der Waals surface area contributed by atoms with Gasteiger partial charge in [0.25, 0.3) is 0 Å². The molecule has 4 fully saturated rings. The summed E-state index contributed by atoms with van der Waals surface area (Å²) < 4.78 is 5.91. The fraction of sp³-hybridized carbons (Fsp3) is 0.700. The van der Waals surface area contributed by atoms with Crippen LogP contribution in [0.2, 0.25) is 10.0 Å². The molecule has 2 nitrogen and oxygen atoms in total. The van der Waals surface area contributed by atoms with Gasteiger partial charge in [0.2, 0.25) is 0 Å². The first-order valence-corrected chi connectivity index (χ1v) is 10.2. The van der Waals surface area contributed by atoms with Gasteiger partial charge < -0.3 is 10.1 Å². The SMILES string of the molecule is CCCOc1c(Cl)cc(Cl)cc1CNC12CC3CC(CC(C3)C1)C2. The average molecular weight is 368 g/mol. The van der Waals surface area contributed by atoms with Gasteiger partial charge in [-0.3, -0.25) is 0 Å². The Hall–Kier alpha value is -0.440. The first-order valence-electron chi connectivity index (χ1n) is 9.42. The summed E-state index contributed by atoms with van der Waals surface area (Å²) in [6, 6.07) is 3.79. The molecule has 0 aromatic heterocycles. The molecule has 1 aromatic carbocycles. The zero-order chi connectivity index (χ0) is 16.7. The molecule has 0 saturated heterocycles. The Morgan fingerprint density at radius 1 is 1.08 bits per heavy atom. The van der Waals surface area contributed by atoms with Crippen LogP contribution < -0.4 is 10.1 Å². The number of nitrogens with one attached hydrogen (secondary N) is 1. The van der Waals surface area contributed by atoms with Crippen molar-refractivity contribution in [2.45, 2.75) is 64.0 Å². The molecule has 4 saturated carbocycles. The zero-order valence-electron chi connectivity index (χ0n) is 14.4. The lowest BCUT2D eigenvalue weighted by Crippen LogP contribution is -2.58. The summed E-state index contributed by atoms with van der Waals surface area (Å²) in [4.78, 5) is 0. The van der Waals surface area contributed by atoms with Gasteiger partial charge in [0.05, 0.1) is 11.6 Å².